The molecule has 1 aromatic heterocycles. The number of aromatic nitrogens is 2. The zero-order valence-electron chi connectivity index (χ0n) is 16.2. The Morgan fingerprint density at radius 2 is 2.15 bits per heavy atom. The molecule has 0 aliphatic heterocycles. The number of rotatable bonds is 5. The Morgan fingerprint density at radius 3 is 2.85 bits per heavy atom. The lowest BCUT2D eigenvalue weighted by Crippen LogP contribution is -2.24. The van der Waals surface area contributed by atoms with E-state index >= 15 is 0 Å². The van der Waals surface area contributed by atoms with Gasteiger partial charge in [-0.25, -0.2) is 0 Å². The molecule has 27 heavy (non-hydrogen) atoms. The molecule has 0 saturated carbocycles. The molecule has 3 rings (SSSR count). The topological polar surface area (TPSA) is 70.4 Å². The Bertz CT molecular complexity index is 972. The quantitative estimate of drug-likeness (QED) is 0.586. The van der Waals surface area contributed by atoms with Crippen LogP contribution in [0.2, 0.25) is 0 Å². The van der Waals surface area contributed by atoms with Gasteiger partial charge in [0, 0.05) is 6.54 Å². The molecule has 5 nitrogen and oxygen atoms in total. The van der Waals surface area contributed by atoms with Crippen LogP contribution < -0.4 is 5.56 Å². The van der Waals surface area contributed by atoms with Crippen LogP contribution in [0.15, 0.2) is 34.1 Å². The molecule has 1 aliphatic carbocycles. The molecule has 1 aliphatic rings. The molecule has 0 bridgehead atoms. The minimum Gasteiger partial charge on any atom is -0.494 e. The van der Waals surface area contributed by atoms with E-state index in [2.05, 4.69) is 23.2 Å². The molecule has 6 heteroatoms. The van der Waals surface area contributed by atoms with Crippen molar-refractivity contribution in [2.75, 3.05) is 0 Å². The molecule has 0 spiro atoms. The summed E-state index contributed by atoms with van der Waals surface area (Å²) in [5.41, 5.74) is 3.04. The van der Waals surface area contributed by atoms with Crippen molar-refractivity contribution in [3.05, 3.63) is 56.1 Å². The minimum absolute atomic E-state index is 0.0189. The first-order chi connectivity index (χ1) is 12.9. The van der Waals surface area contributed by atoms with Gasteiger partial charge in [-0.15, -0.1) is 0 Å². The summed E-state index contributed by atoms with van der Waals surface area (Å²) in [4.78, 5) is 20.2. The normalized spacial score (nSPS) is 17.2. The molecule has 144 valence electrons. The number of aryl methyl sites for hydroxylation is 1. The molecule has 0 radical (unpaired) electrons. The van der Waals surface area contributed by atoms with Crippen LogP contribution in [0.4, 0.5) is 0 Å². The Labute approximate surface area is 164 Å². The maximum Gasteiger partial charge on any atom is 0.264 e. The van der Waals surface area contributed by atoms with Gasteiger partial charge in [-0.1, -0.05) is 45.0 Å². The lowest BCUT2D eigenvalue weighted by molar-refractivity contribution is 0.379. The Morgan fingerprint density at radius 1 is 1.41 bits per heavy atom. The number of aliphatic imine (C=N–C) groups is 1. The number of aromatic amines is 1. The standard InChI is InChI=1S/C21H27N3O2S/c1-4-16(22-17-11-7-9-14-8-5-6-10-15(14)17)18-19(25)23-21(27)24(20(18)26)12-13(2)3/h5-6,8,10,13,17,26H,4,7,9,11-12H2,1-3H3,(H,23,25,27)/t17-/m0/s1. The third kappa shape index (κ3) is 4.05. The summed E-state index contributed by atoms with van der Waals surface area (Å²) in [5, 5.41) is 10.8. The van der Waals surface area contributed by atoms with E-state index in [1.165, 1.54) is 11.1 Å². The van der Waals surface area contributed by atoms with Gasteiger partial charge in [0.15, 0.2) is 4.77 Å². The number of nitrogens with one attached hydrogen (secondary N) is 1. The van der Waals surface area contributed by atoms with E-state index in [0.717, 1.165) is 19.3 Å². The second kappa shape index (κ2) is 8.21. The van der Waals surface area contributed by atoms with Gasteiger partial charge in [-0.2, -0.15) is 0 Å². The molecule has 1 heterocycles. The molecule has 0 unspecified atom stereocenters. The molecular weight excluding hydrogens is 358 g/mol. The fourth-order valence-corrected chi connectivity index (χ4v) is 3.99. The van der Waals surface area contributed by atoms with Crippen molar-refractivity contribution in [1.82, 2.24) is 9.55 Å². The summed E-state index contributed by atoms with van der Waals surface area (Å²) >= 11 is 5.25. The van der Waals surface area contributed by atoms with E-state index in [-0.39, 0.29) is 33.7 Å². The first-order valence-corrected chi connectivity index (χ1v) is 10.0. The maximum atomic E-state index is 12.6. The van der Waals surface area contributed by atoms with Gasteiger partial charge in [0.2, 0.25) is 5.88 Å². The van der Waals surface area contributed by atoms with Crippen LogP contribution in [0.1, 0.15) is 62.8 Å². The molecular formula is C21H27N3O2S. The fraction of sp³-hybridized carbons (Fsp3) is 0.476. The largest absolute Gasteiger partial charge is 0.494 e. The minimum atomic E-state index is -0.373. The molecule has 0 saturated heterocycles. The predicted octanol–water partition coefficient (Wildman–Crippen LogP) is 4.54. The van der Waals surface area contributed by atoms with Crippen LogP contribution in [0.3, 0.4) is 0 Å². The summed E-state index contributed by atoms with van der Waals surface area (Å²) in [6, 6.07) is 8.37. The highest BCUT2D eigenvalue weighted by Crippen LogP contribution is 2.33. The van der Waals surface area contributed by atoms with Gasteiger partial charge < -0.3 is 5.11 Å². The first-order valence-electron chi connectivity index (χ1n) is 9.63. The zero-order valence-corrected chi connectivity index (χ0v) is 17.0. The molecule has 1 atom stereocenters. The average molecular weight is 386 g/mol. The van der Waals surface area contributed by atoms with Crippen molar-refractivity contribution >= 4 is 17.9 Å². The Kier molecular flexibility index (Phi) is 5.95. The fourth-order valence-electron chi connectivity index (χ4n) is 3.74. The number of hydrogen-bond acceptors (Lipinski definition) is 4. The smallest absolute Gasteiger partial charge is 0.264 e. The molecule has 1 aromatic carbocycles. The van der Waals surface area contributed by atoms with E-state index < -0.39 is 0 Å². The number of nitrogens with zero attached hydrogens (tertiary/aromatic N) is 2. The summed E-state index contributed by atoms with van der Waals surface area (Å²) in [5.74, 6) is 0.204. The van der Waals surface area contributed by atoms with Crippen LogP contribution in [0.5, 0.6) is 5.88 Å². The Balaban J connectivity index is 2.11. The van der Waals surface area contributed by atoms with Gasteiger partial charge >= 0.3 is 0 Å². The lowest BCUT2D eigenvalue weighted by Gasteiger charge is -2.23. The second-order valence-electron chi connectivity index (χ2n) is 7.50. The summed E-state index contributed by atoms with van der Waals surface area (Å²) in [7, 11) is 0. The molecule has 2 N–H and O–H groups in total. The van der Waals surface area contributed by atoms with Crippen LogP contribution >= 0.6 is 12.2 Å². The molecule has 0 fully saturated rings. The van der Waals surface area contributed by atoms with E-state index in [1.807, 2.05) is 26.8 Å². The van der Waals surface area contributed by atoms with E-state index in [0.29, 0.717) is 18.7 Å². The van der Waals surface area contributed by atoms with E-state index in [9.17, 15) is 9.90 Å². The highest BCUT2D eigenvalue weighted by Gasteiger charge is 2.23. The number of fused-ring (bicyclic) bond motifs is 1. The van der Waals surface area contributed by atoms with Gasteiger partial charge in [-0.3, -0.25) is 19.3 Å². The predicted molar refractivity (Wildman–Crippen MR) is 111 cm³/mol. The summed E-state index contributed by atoms with van der Waals surface area (Å²) < 4.78 is 1.84. The number of H-pyrrole nitrogens is 1. The second-order valence-corrected chi connectivity index (χ2v) is 7.89. The van der Waals surface area contributed by atoms with E-state index in [1.54, 1.807) is 4.57 Å². The van der Waals surface area contributed by atoms with Gasteiger partial charge in [0.05, 0.1) is 11.8 Å². The lowest BCUT2D eigenvalue weighted by atomic mass is 9.88. The SMILES string of the molecule is CCC(=N[C@H]1CCCc2ccccc21)c1c(O)n(CC(C)C)c(=S)[nH]c1=O. The van der Waals surface area contributed by atoms with Crippen LogP contribution in [0, 0.1) is 10.7 Å². The van der Waals surface area contributed by atoms with E-state index in [4.69, 9.17) is 17.2 Å². The number of hydrogen-bond donors (Lipinski definition) is 2. The van der Waals surface area contributed by atoms with Crippen molar-refractivity contribution in [3.63, 3.8) is 0 Å². The Hall–Kier alpha value is -2.21. The highest BCUT2D eigenvalue weighted by atomic mass is 32.1. The van der Waals surface area contributed by atoms with Crippen LogP contribution in [0.25, 0.3) is 0 Å². The van der Waals surface area contributed by atoms with Crippen LogP contribution in [-0.4, -0.2) is 20.4 Å². The third-order valence-corrected chi connectivity index (χ3v) is 5.32. The van der Waals surface area contributed by atoms with Gasteiger partial charge in [0.1, 0.15) is 5.56 Å². The summed E-state index contributed by atoms with van der Waals surface area (Å²) in [6.45, 7) is 6.58. The van der Waals surface area contributed by atoms with Crippen LogP contribution in [-0.2, 0) is 13.0 Å². The first kappa shape index (κ1) is 19.5. The van der Waals surface area contributed by atoms with Gasteiger partial charge in [0.25, 0.3) is 5.56 Å². The van der Waals surface area contributed by atoms with Crippen molar-refractivity contribution in [2.45, 2.75) is 59.0 Å². The van der Waals surface area contributed by atoms with Crippen molar-refractivity contribution in [1.29, 1.82) is 0 Å². The van der Waals surface area contributed by atoms with Gasteiger partial charge in [-0.05, 0) is 54.9 Å². The average Bonchev–Trinajstić information content (AvgIpc) is 2.64. The van der Waals surface area contributed by atoms with Crippen molar-refractivity contribution in [2.24, 2.45) is 10.9 Å². The highest BCUT2D eigenvalue weighted by molar-refractivity contribution is 7.71. The van der Waals surface area contributed by atoms with Crippen molar-refractivity contribution in [3.8, 4) is 5.88 Å². The third-order valence-electron chi connectivity index (χ3n) is 4.99. The summed E-state index contributed by atoms with van der Waals surface area (Å²) in [6.07, 6.45) is 3.65. The van der Waals surface area contributed by atoms with Crippen molar-refractivity contribution < 1.29 is 5.11 Å². The zero-order chi connectivity index (χ0) is 19.6. The maximum absolute atomic E-state index is 12.6. The monoisotopic (exact) mass is 385 g/mol. The molecule has 0 amide bonds. The number of benzene rings is 1. The molecule has 2 aromatic rings. The number of aromatic hydroxyl groups is 1.